The second-order valence-electron chi connectivity index (χ2n) is 6.99. The summed E-state index contributed by atoms with van der Waals surface area (Å²) in [5.41, 5.74) is 1.99. The van der Waals surface area contributed by atoms with E-state index >= 15 is 0 Å². The number of carbonyl (C=O) groups is 1. The van der Waals surface area contributed by atoms with Gasteiger partial charge in [-0.05, 0) is 74.3 Å². The SMILES string of the molecule is CCOC(=O)C(COC)C1CCC(c2ccnc3ccc(F)cc23)CC1. The van der Waals surface area contributed by atoms with Crippen LogP contribution >= 0.6 is 0 Å². The highest BCUT2D eigenvalue weighted by Crippen LogP contribution is 2.41. The molecule has 1 heterocycles. The zero-order valence-corrected chi connectivity index (χ0v) is 15.4. The summed E-state index contributed by atoms with van der Waals surface area (Å²) in [6, 6.07) is 6.76. The van der Waals surface area contributed by atoms with Crippen molar-refractivity contribution in [1.82, 2.24) is 4.98 Å². The molecule has 1 aliphatic carbocycles. The normalized spacial score (nSPS) is 21.5. The van der Waals surface area contributed by atoms with E-state index in [9.17, 15) is 9.18 Å². The van der Waals surface area contributed by atoms with Crippen LogP contribution < -0.4 is 0 Å². The molecule has 0 amide bonds. The van der Waals surface area contributed by atoms with Crippen LogP contribution in [0.15, 0.2) is 30.5 Å². The van der Waals surface area contributed by atoms with Crippen LogP contribution in [0.25, 0.3) is 10.9 Å². The van der Waals surface area contributed by atoms with Crippen molar-refractivity contribution in [1.29, 1.82) is 0 Å². The van der Waals surface area contributed by atoms with Crippen LogP contribution in [0.3, 0.4) is 0 Å². The fourth-order valence-corrected chi connectivity index (χ4v) is 4.15. The van der Waals surface area contributed by atoms with Gasteiger partial charge in [-0.3, -0.25) is 9.78 Å². The lowest BCUT2D eigenvalue weighted by Crippen LogP contribution is -2.32. The number of ether oxygens (including phenoxy) is 2. The van der Waals surface area contributed by atoms with Crippen LogP contribution in [0.4, 0.5) is 4.39 Å². The summed E-state index contributed by atoms with van der Waals surface area (Å²) < 4.78 is 24.2. The Balaban J connectivity index is 1.74. The van der Waals surface area contributed by atoms with Crippen molar-refractivity contribution >= 4 is 16.9 Å². The quantitative estimate of drug-likeness (QED) is 0.714. The Morgan fingerprint density at radius 3 is 2.73 bits per heavy atom. The Labute approximate surface area is 153 Å². The number of hydrogen-bond acceptors (Lipinski definition) is 4. The summed E-state index contributed by atoms with van der Waals surface area (Å²) in [7, 11) is 1.62. The van der Waals surface area contributed by atoms with E-state index in [0.29, 0.717) is 19.1 Å². The first kappa shape index (κ1) is 18.8. The number of methoxy groups -OCH3 is 1. The van der Waals surface area contributed by atoms with Gasteiger partial charge in [0.1, 0.15) is 5.82 Å². The van der Waals surface area contributed by atoms with E-state index in [1.54, 1.807) is 25.4 Å². The van der Waals surface area contributed by atoms with Crippen molar-refractivity contribution in [2.45, 2.75) is 38.5 Å². The molecule has 0 spiro atoms. The Hall–Kier alpha value is -2.01. The van der Waals surface area contributed by atoms with Gasteiger partial charge < -0.3 is 9.47 Å². The second kappa shape index (κ2) is 8.58. The average Bonchev–Trinajstić information content (AvgIpc) is 2.66. The number of benzene rings is 1. The monoisotopic (exact) mass is 359 g/mol. The van der Waals surface area contributed by atoms with Crippen LogP contribution in [-0.4, -0.2) is 31.3 Å². The highest BCUT2D eigenvalue weighted by molar-refractivity contribution is 5.82. The number of fused-ring (bicyclic) bond motifs is 1. The first-order chi connectivity index (χ1) is 12.6. The molecule has 0 aliphatic heterocycles. The van der Waals surface area contributed by atoms with Crippen molar-refractivity contribution in [2.24, 2.45) is 11.8 Å². The summed E-state index contributed by atoms with van der Waals surface area (Å²) in [6.45, 7) is 2.62. The Kier molecular flexibility index (Phi) is 6.20. The van der Waals surface area contributed by atoms with Crippen LogP contribution in [0.5, 0.6) is 0 Å². The molecule has 1 aromatic carbocycles. The zero-order chi connectivity index (χ0) is 18.5. The first-order valence-corrected chi connectivity index (χ1v) is 9.33. The van der Waals surface area contributed by atoms with E-state index in [2.05, 4.69) is 4.98 Å². The van der Waals surface area contributed by atoms with Gasteiger partial charge in [-0.2, -0.15) is 0 Å². The maximum absolute atomic E-state index is 13.7. The molecule has 1 aliphatic rings. The van der Waals surface area contributed by atoms with E-state index in [4.69, 9.17) is 9.47 Å². The number of rotatable bonds is 6. The van der Waals surface area contributed by atoms with Gasteiger partial charge in [0.2, 0.25) is 0 Å². The molecule has 1 aromatic heterocycles. The van der Waals surface area contributed by atoms with Crippen molar-refractivity contribution in [3.63, 3.8) is 0 Å². The largest absolute Gasteiger partial charge is 0.466 e. The number of pyridine rings is 1. The second-order valence-corrected chi connectivity index (χ2v) is 6.99. The lowest BCUT2D eigenvalue weighted by Gasteiger charge is -2.33. The molecular weight excluding hydrogens is 333 g/mol. The molecule has 1 saturated carbocycles. The van der Waals surface area contributed by atoms with Crippen molar-refractivity contribution < 1.29 is 18.7 Å². The van der Waals surface area contributed by atoms with Gasteiger partial charge >= 0.3 is 5.97 Å². The summed E-state index contributed by atoms with van der Waals surface area (Å²) in [5.74, 6) is 0.0451. The highest BCUT2D eigenvalue weighted by atomic mass is 19.1. The first-order valence-electron chi connectivity index (χ1n) is 9.33. The zero-order valence-electron chi connectivity index (χ0n) is 15.4. The van der Waals surface area contributed by atoms with Crippen molar-refractivity contribution in [3.8, 4) is 0 Å². The fourth-order valence-electron chi connectivity index (χ4n) is 4.15. The standard InChI is InChI=1S/C21H26FNO3/c1-3-26-21(24)19(13-25-2)15-6-4-14(5-7-15)17-10-11-23-20-9-8-16(22)12-18(17)20/h8-12,14-15,19H,3-7,13H2,1-2H3. The molecule has 2 aromatic rings. The third-order valence-electron chi connectivity index (χ3n) is 5.45. The number of aromatic nitrogens is 1. The van der Waals surface area contributed by atoms with Gasteiger partial charge in [-0.1, -0.05) is 0 Å². The van der Waals surface area contributed by atoms with Crippen LogP contribution in [0, 0.1) is 17.7 Å². The number of esters is 1. The maximum Gasteiger partial charge on any atom is 0.311 e. The molecule has 5 heteroatoms. The summed E-state index contributed by atoms with van der Waals surface area (Å²) >= 11 is 0. The van der Waals surface area contributed by atoms with Crippen LogP contribution in [0.1, 0.15) is 44.1 Å². The predicted molar refractivity (Wildman–Crippen MR) is 98.4 cm³/mol. The van der Waals surface area contributed by atoms with Gasteiger partial charge in [0.25, 0.3) is 0 Å². The van der Waals surface area contributed by atoms with Crippen molar-refractivity contribution in [3.05, 3.63) is 41.8 Å². The topological polar surface area (TPSA) is 48.4 Å². The molecule has 140 valence electrons. The van der Waals surface area contributed by atoms with E-state index in [1.165, 1.54) is 6.07 Å². The Morgan fingerprint density at radius 1 is 1.27 bits per heavy atom. The predicted octanol–water partition coefficient (Wildman–Crippen LogP) is 4.47. The third kappa shape index (κ3) is 4.04. The lowest BCUT2D eigenvalue weighted by atomic mass is 9.73. The molecular formula is C21H26FNO3. The molecule has 26 heavy (non-hydrogen) atoms. The van der Waals surface area contributed by atoms with Crippen LogP contribution in [-0.2, 0) is 14.3 Å². The maximum atomic E-state index is 13.7. The smallest absolute Gasteiger partial charge is 0.311 e. The van der Waals surface area contributed by atoms with Gasteiger partial charge in [0, 0.05) is 18.7 Å². The van der Waals surface area contributed by atoms with E-state index in [1.807, 2.05) is 13.0 Å². The molecule has 3 rings (SSSR count). The molecule has 0 saturated heterocycles. The fraction of sp³-hybridized carbons (Fsp3) is 0.524. The van der Waals surface area contributed by atoms with Crippen molar-refractivity contribution in [2.75, 3.05) is 20.3 Å². The Bertz CT molecular complexity index is 756. The van der Waals surface area contributed by atoms with Gasteiger partial charge in [-0.15, -0.1) is 0 Å². The lowest BCUT2D eigenvalue weighted by molar-refractivity contribution is -0.152. The average molecular weight is 359 g/mol. The molecule has 0 radical (unpaired) electrons. The number of nitrogens with zero attached hydrogens (tertiary/aromatic N) is 1. The molecule has 1 atom stereocenters. The number of carbonyl (C=O) groups excluding carboxylic acids is 1. The molecule has 1 fully saturated rings. The minimum Gasteiger partial charge on any atom is -0.466 e. The molecule has 4 nitrogen and oxygen atoms in total. The van der Waals surface area contributed by atoms with E-state index < -0.39 is 0 Å². The molecule has 1 unspecified atom stereocenters. The number of halogens is 1. The molecule has 0 N–H and O–H groups in total. The van der Waals surface area contributed by atoms with Crippen LogP contribution in [0.2, 0.25) is 0 Å². The Morgan fingerprint density at radius 2 is 2.04 bits per heavy atom. The minimum atomic E-state index is -0.233. The van der Waals surface area contributed by atoms with Gasteiger partial charge in [0.15, 0.2) is 0 Å². The molecule has 0 bridgehead atoms. The third-order valence-corrected chi connectivity index (χ3v) is 5.45. The number of hydrogen-bond donors (Lipinski definition) is 0. The van der Waals surface area contributed by atoms with Gasteiger partial charge in [-0.25, -0.2) is 4.39 Å². The summed E-state index contributed by atoms with van der Waals surface area (Å²) in [6.07, 6.45) is 5.63. The highest BCUT2D eigenvalue weighted by Gasteiger charge is 2.33. The van der Waals surface area contributed by atoms with E-state index in [0.717, 1.165) is 42.1 Å². The summed E-state index contributed by atoms with van der Waals surface area (Å²) in [4.78, 5) is 16.6. The summed E-state index contributed by atoms with van der Waals surface area (Å²) in [5, 5.41) is 0.898. The minimum absolute atomic E-state index is 0.158. The van der Waals surface area contributed by atoms with E-state index in [-0.39, 0.29) is 23.6 Å². The van der Waals surface area contributed by atoms with Gasteiger partial charge in [0.05, 0.1) is 24.6 Å².